The first-order chi connectivity index (χ1) is 17.6. The molecule has 2 N–H and O–H groups in total. The predicted octanol–water partition coefficient (Wildman–Crippen LogP) is 3.38. The first kappa shape index (κ1) is 26.9. The third-order valence-electron chi connectivity index (χ3n) is 5.15. The van der Waals surface area contributed by atoms with Crippen LogP contribution in [0.4, 0.5) is 5.69 Å². The number of hydrogen-bond acceptors (Lipinski definition) is 10. The zero-order chi connectivity index (χ0) is 27.2. The number of pyridine rings is 1. The van der Waals surface area contributed by atoms with Gasteiger partial charge < -0.3 is 38.7 Å². The Morgan fingerprint density at radius 2 is 1.35 bits per heavy atom. The van der Waals surface area contributed by atoms with Gasteiger partial charge in [0.2, 0.25) is 0 Å². The molecule has 0 bridgehead atoms. The summed E-state index contributed by atoms with van der Waals surface area (Å²) in [4.78, 5) is 38.1. The molecular weight excluding hydrogens is 484 g/mol. The van der Waals surface area contributed by atoms with Crippen LogP contribution in [-0.2, 0) is 19.1 Å². The molecule has 1 aliphatic heterocycles. The van der Waals surface area contributed by atoms with Crippen LogP contribution in [0.1, 0.15) is 13.8 Å². The summed E-state index contributed by atoms with van der Waals surface area (Å²) in [5, 5.41) is 3.42. The maximum absolute atomic E-state index is 11.8. The average Bonchev–Trinajstić information content (AvgIpc) is 2.87. The van der Waals surface area contributed by atoms with Gasteiger partial charge in [0.05, 0.1) is 34.0 Å². The molecule has 11 nitrogen and oxygen atoms in total. The molecule has 0 saturated carbocycles. The minimum Gasteiger partial charge on any atom is -0.493 e. The van der Waals surface area contributed by atoms with Gasteiger partial charge in [0, 0.05) is 55.5 Å². The SMILES string of the molecule is COc1cc2[nH]ccc(=O)c2cc1OC.COc1ccc(NC=C2C(=O)OC(C)(C)OC2=O)cc1OC. The van der Waals surface area contributed by atoms with Crippen molar-refractivity contribution >= 4 is 28.5 Å². The van der Waals surface area contributed by atoms with E-state index in [0.29, 0.717) is 34.1 Å². The molecule has 4 rings (SSSR count). The molecule has 0 atom stereocenters. The van der Waals surface area contributed by atoms with E-state index in [-0.39, 0.29) is 11.0 Å². The molecule has 11 heteroatoms. The number of cyclic esters (lactones) is 2. The highest BCUT2D eigenvalue weighted by Gasteiger charge is 2.38. The van der Waals surface area contributed by atoms with Crippen LogP contribution >= 0.6 is 0 Å². The molecule has 2 heterocycles. The van der Waals surface area contributed by atoms with Crippen molar-refractivity contribution in [3.05, 3.63) is 64.6 Å². The van der Waals surface area contributed by atoms with Crippen molar-refractivity contribution in [2.45, 2.75) is 19.6 Å². The molecule has 1 aromatic heterocycles. The van der Waals surface area contributed by atoms with E-state index in [2.05, 4.69) is 10.3 Å². The van der Waals surface area contributed by atoms with E-state index in [9.17, 15) is 14.4 Å². The number of anilines is 1. The van der Waals surface area contributed by atoms with Crippen molar-refractivity contribution in [1.29, 1.82) is 0 Å². The van der Waals surface area contributed by atoms with Gasteiger partial charge in [0.1, 0.15) is 0 Å². The van der Waals surface area contributed by atoms with Gasteiger partial charge in [-0.2, -0.15) is 0 Å². The zero-order valence-corrected chi connectivity index (χ0v) is 21.3. The third kappa shape index (κ3) is 6.31. The number of carbonyl (C=O) groups is 2. The fourth-order valence-electron chi connectivity index (χ4n) is 3.36. The Morgan fingerprint density at radius 1 is 0.784 bits per heavy atom. The van der Waals surface area contributed by atoms with Gasteiger partial charge in [0.25, 0.3) is 5.79 Å². The van der Waals surface area contributed by atoms with E-state index in [4.69, 9.17) is 28.4 Å². The summed E-state index contributed by atoms with van der Waals surface area (Å²) in [6.07, 6.45) is 2.84. The summed E-state index contributed by atoms with van der Waals surface area (Å²) in [5.41, 5.74) is 1.09. The van der Waals surface area contributed by atoms with Crippen LogP contribution in [0, 0.1) is 0 Å². The van der Waals surface area contributed by atoms with E-state index in [0.717, 1.165) is 5.52 Å². The first-order valence-electron chi connectivity index (χ1n) is 11.0. The molecule has 1 aliphatic rings. The largest absolute Gasteiger partial charge is 0.493 e. The summed E-state index contributed by atoms with van der Waals surface area (Å²) < 4.78 is 30.5. The summed E-state index contributed by atoms with van der Waals surface area (Å²) in [6, 6.07) is 9.97. The van der Waals surface area contributed by atoms with Crippen LogP contribution < -0.4 is 29.7 Å². The molecule has 1 saturated heterocycles. The summed E-state index contributed by atoms with van der Waals surface area (Å²) >= 11 is 0. The van der Waals surface area contributed by atoms with Crippen molar-refractivity contribution in [3.8, 4) is 23.0 Å². The normalized spacial score (nSPS) is 13.9. The van der Waals surface area contributed by atoms with Crippen LogP contribution in [0.25, 0.3) is 10.9 Å². The molecule has 196 valence electrons. The Morgan fingerprint density at radius 3 is 1.95 bits per heavy atom. The fraction of sp³-hybridized carbons (Fsp3) is 0.269. The molecule has 1 fully saturated rings. The number of nitrogens with one attached hydrogen (secondary N) is 2. The van der Waals surface area contributed by atoms with Gasteiger partial charge in [-0.15, -0.1) is 0 Å². The van der Waals surface area contributed by atoms with E-state index < -0.39 is 17.7 Å². The molecular formula is C26H28N2O9. The maximum Gasteiger partial charge on any atom is 0.350 e. The lowest BCUT2D eigenvalue weighted by atomic mass is 10.2. The third-order valence-corrected chi connectivity index (χ3v) is 5.15. The van der Waals surface area contributed by atoms with Gasteiger partial charge in [-0.05, 0) is 18.2 Å². The first-order valence-corrected chi connectivity index (χ1v) is 11.0. The van der Waals surface area contributed by atoms with E-state index in [1.807, 2.05) is 0 Å². The van der Waals surface area contributed by atoms with Crippen LogP contribution in [0.3, 0.4) is 0 Å². The fourth-order valence-corrected chi connectivity index (χ4v) is 3.36. The monoisotopic (exact) mass is 512 g/mol. The number of ether oxygens (including phenoxy) is 6. The number of benzene rings is 2. The highest BCUT2D eigenvalue weighted by molar-refractivity contribution is 6.15. The number of methoxy groups -OCH3 is 4. The number of aromatic amines is 1. The number of fused-ring (bicyclic) bond motifs is 1. The van der Waals surface area contributed by atoms with Crippen molar-refractivity contribution in [1.82, 2.24) is 4.98 Å². The molecule has 37 heavy (non-hydrogen) atoms. The zero-order valence-electron chi connectivity index (χ0n) is 21.3. The molecule has 2 aromatic carbocycles. The minimum atomic E-state index is -1.26. The highest BCUT2D eigenvalue weighted by atomic mass is 16.7. The van der Waals surface area contributed by atoms with E-state index >= 15 is 0 Å². The standard InChI is InChI=1S/C15H17NO6.C11H11NO3/c1-15(2)21-13(17)10(14(18)22-15)8-16-9-5-6-11(19-3)12(7-9)20-4;1-14-10-5-7-8(6-11(10)15-2)12-4-3-9(7)13/h5-8,16H,1-4H3;3-6H,1-2H3,(H,12,13). The summed E-state index contributed by atoms with van der Waals surface area (Å²) in [5.74, 6) is -0.494. The number of H-pyrrole nitrogens is 1. The van der Waals surface area contributed by atoms with Crippen molar-refractivity contribution in [3.63, 3.8) is 0 Å². The molecule has 0 spiro atoms. The molecule has 0 radical (unpaired) electrons. The lowest BCUT2D eigenvalue weighted by Gasteiger charge is -2.29. The Bertz CT molecular complexity index is 1370. The van der Waals surface area contributed by atoms with Gasteiger partial charge in [-0.25, -0.2) is 9.59 Å². The number of carbonyl (C=O) groups excluding carboxylic acids is 2. The number of esters is 2. The second-order valence-electron chi connectivity index (χ2n) is 8.05. The van der Waals surface area contributed by atoms with E-state index in [1.54, 1.807) is 50.7 Å². The van der Waals surface area contributed by atoms with Crippen molar-refractivity contribution in [2.75, 3.05) is 33.8 Å². The molecule has 3 aromatic rings. The lowest BCUT2D eigenvalue weighted by molar-refractivity contribution is -0.222. The van der Waals surface area contributed by atoms with Crippen LogP contribution in [0.5, 0.6) is 23.0 Å². The average molecular weight is 513 g/mol. The Labute approximate surface area is 212 Å². The van der Waals surface area contributed by atoms with Crippen LogP contribution in [0.2, 0.25) is 0 Å². The van der Waals surface area contributed by atoms with Crippen molar-refractivity contribution in [2.24, 2.45) is 0 Å². The smallest absolute Gasteiger partial charge is 0.350 e. The number of hydrogen-bond donors (Lipinski definition) is 2. The van der Waals surface area contributed by atoms with Crippen LogP contribution in [0.15, 0.2) is 59.2 Å². The Kier molecular flexibility index (Phi) is 8.28. The predicted molar refractivity (Wildman–Crippen MR) is 135 cm³/mol. The van der Waals surface area contributed by atoms with Gasteiger partial charge >= 0.3 is 11.9 Å². The van der Waals surface area contributed by atoms with E-state index in [1.165, 1.54) is 40.3 Å². The van der Waals surface area contributed by atoms with Crippen molar-refractivity contribution < 1.29 is 38.0 Å². The summed E-state index contributed by atoms with van der Waals surface area (Å²) in [6.45, 7) is 2.97. The minimum absolute atomic E-state index is 0.0373. The molecule has 0 amide bonds. The molecule has 0 aliphatic carbocycles. The van der Waals surface area contributed by atoms with Gasteiger partial charge in [-0.3, -0.25) is 4.79 Å². The van der Waals surface area contributed by atoms with Gasteiger partial charge in [-0.1, -0.05) is 0 Å². The quantitative estimate of drug-likeness (QED) is 0.287. The van der Waals surface area contributed by atoms with Gasteiger partial charge in [0.15, 0.2) is 34.0 Å². The summed E-state index contributed by atoms with van der Waals surface area (Å²) in [7, 11) is 6.15. The number of rotatable bonds is 6. The Balaban J connectivity index is 0.000000220. The second kappa shape index (κ2) is 11.4. The number of aromatic nitrogens is 1. The Hall–Kier alpha value is -4.67. The second-order valence-corrected chi connectivity index (χ2v) is 8.05. The topological polar surface area (TPSA) is 134 Å². The highest BCUT2D eigenvalue weighted by Crippen LogP contribution is 2.31. The van der Waals surface area contributed by atoms with Crippen LogP contribution in [-0.4, -0.2) is 51.1 Å². The maximum atomic E-state index is 11.8. The molecule has 0 unspecified atom stereocenters. The lowest BCUT2D eigenvalue weighted by Crippen LogP contribution is -2.42.